The summed E-state index contributed by atoms with van der Waals surface area (Å²) in [6, 6.07) is 13.7. The molecule has 3 heteroatoms. The van der Waals surface area contributed by atoms with E-state index in [-0.39, 0.29) is 0 Å². The number of ether oxygens (including phenoxy) is 1. The van der Waals surface area contributed by atoms with Gasteiger partial charge in [-0.3, -0.25) is 0 Å². The fraction of sp³-hybridized carbons (Fsp3) is 0.250. The predicted molar refractivity (Wildman–Crippen MR) is 80.5 cm³/mol. The van der Waals surface area contributed by atoms with E-state index in [9.17, 15) is 5.11 Å². The highest BCUT2D eigenvalue weighted by molar-refractivity contribution is 9.10. The van der Waals surface area contributed by atoms with Gasteiger partial charge in [0.25, 0.3) is 0 Å². The minimum atomic E-state index is -0.526. The maximum absolute atomic E-state index is 10.4. The number of benzene rings is 2. The fourth-order valence-electron chi connectivity index (χ4n) is 2.06. The summed E-state index contributed by atoms with van der Waals surface area (Å²) < 4.78 is 6.02. The number of methoxy groups -OCH3 is 1. The molecule has 1 atom stereocenters. The first-order chi connectivity index (χ1) is 9.11. The van der Waals surface area contributed by atoms with Crippen molar-refractivity contribution in [1.82, 2.24) is 0 Å². The Labute approximate surface area is 122 Å². The molecule has 0 heterocycles. The lowest BCUT2D eigenvalue weighted by molar-refractivity contribution is 0.177. The Kier molecular flexibility index (Phi) is 4.61. The molecule has 0 aromatic heterocycles. The predicted octanol–water partition coefficient (Wildman–Crippen LogP) is 4.04. The highest BCUT2D eigenvalue weighted by atomic mass is 79.9. The molecular weight excluding hydrogens is 304 g/mol. The highest BCUT2D eigenvalue weighted by Gasteiger charge is 2.13. The minimum absolute atomic E-state index is 0.526. The van der Waals surface area contributed by atoms with Crippen LogP contribution < -0.4 is 4.74 Å². The second kappa shape index (κ2) is 6.22. The lowest BCUT2D eigenvalue weighted by Gasteiger charge is -2.15. The lowest BCUT2D eigenvalue weighted by Crippen LogP contribution is -2.04. The Hall–Kier alpha value is -1.32. The number of aliphatic hydroxyl groups excluding tert-OH is 1. The molecule has 0 aliphatic heterocycles. The monoisotopic (exact) mass is 320 g/mol. The maximum atomic E-state index is 10.4. The zero-order chi connectivity index (χ0) is 13.8. The summed E-state index contributed by atoms with van der Waals surface area (Å²) in [4.78, 5) is 0. The third-order valence-electron chi connectivity index (χ3n) is 3.24. The third-order valence-corrected chi connectivity index (χ3v) is 3.93. The molecule has 0 fully saturated rings. The fourth-order valence-corrected chi connectivity index (χ4v) is 2.68. The van der Waals surface area contributed by atoms with E-state index in [0.717, 1.165) is 21.3 Å². The van der Waals surface area contributed by atoms with Crippen molar-refractivity contribution in [2.45, 2.75) is 19.4 Å². The van der Waals surface area contributed by atoms with E-state index < -0.39 is 6.10 Å². The van der Waals surface area contributed by atoms with Crippen LogP contribution in [0.15, 0.2) is 46.9 Å². The van der Waals surface area contributed by atoms with Gasteiger partial charge in [0.05, 0.1) is 13.2 Å². The smallest absolute Gasteiger partial charge is 0.120 e. The van der Waals surface area contributed by atoms with Crippen molar-refractivity contribution in [2.75, 3.05) is 7.11 Å². The van der Waals surface area contributed by atoms with Crippen molar-refractivity contribution in [1.29, 1.82) is 0 Å². The molecular formula is C16H17BrO2. The average molecular weight is 321 g/mol. The summed E-state index contributed by atoms with van der Waals surface area (Å²) >= 11 is 3.48. The number of hydrogen-bond donors (Lipinski definition) is 1. The Morgan fingerprint density at radius 1 is 1.21 bits per heavy atom. The van der Waals surface area contributed by atoms with Gasteiger partial charge in [-0.25, -0.2) is 0 Å². The van der Waals surface area contributed by atoms with Gasteiger partial charge in [-0.05, 0) is 35.7 Å². The summed E-state index contributed by atoms with van der Waals surface area (Å²) in [6.07, 6.45) is 0.0822. The van der Waals surface area contributed by atoms with Crippen LogP contribution in [-0.2, 0) is 6.42 Å². The van der Waals surface area contributed by atoms with E-state index in [0.29, 0.717) is 6.42 Å². The molecule has 2 nitrogen and oxygen atoms in total. The zero-order valence-corrected chi connectivity index (χ0v) is 12.6. The van der Waals surface area contributed by atoms with Gasteiger partial charge in [-0.2, -0.15) is 0 Å². The maximum Gasteiger partial charge on any atom is 0.120 e. The molecule has 100 valence electrons. The molecule has 1 unspecified atom stereocenters. The number of aliphatic hydroxyl groups is 1. The van der Waals surface area contributed by atoms with Gasteiger partial charge >= 0.3 is 0 Å². The van der Waals surface area contributed by atoms with Crippen molar-refractivity contribution < 1.29 is 9.84 Å². The molecule has 0 radical (unpaired) electrons. The van der Waals surface area contributed by atoms with E-state index in [1.165, 1.54) is 5.56 Å². The van der Waals surface area contributed by atoms with Gasteiger partial charge in [0.2, 0.25) is 0 Å². The molecule has 0 saturated carbocycles. The lowest BCUT2D eigenvalue weighted by atomic mass is 9.98. The van der Waals surface area contributed by atoms with Crippen LogP contribution in [0.2, 0.25) is 0 Å². The van der Waals surface area contributed by atoms with Crippen molar-refractivity contribution in [3.63, 3.8) is 0 Å². The van der Waals surface area contributed by atoms with Crippen LogP contribution in [0.4, 0.5) is 0 Å². The molecule has 0 aliphatic carbocycles. The third kappa shape index (κ3) is 3.37. The number of aryl methyl sites for hydroxylation is 1. The summed E-state index contributed by atoms with van der Waals surface area (Å²) in [5, 5.41) is 10.4. The first-order valence-corrected chi connectivity index (χ1v) is 6.97. The van der Waals surface area contributed by atoms with E-state index in [1.807, 2.05) is 30.3 Å². The van der Waals surface area contributed by atoms with E-state index in [4.69, 9.17) is 4.74 Å². The molecule has 19 heavy (non-hydrogen) atoms. The van der Waals surface area contributed by atoms with E-state index >= 15 is 0 Å². The van der Waals surface area contributed by atoms with Gasteiger partial charge in [0.1, 0.15) is 5.75 Å². The van der Waals surface area contributed by atoms with Crippen LogP contribution in [0, 0.1) is 6.92 Å². The molecule has 0 amide bonds. The zero-order valence-electron chi connectivity index (χ0n) is 11.1. The van der Waals surface area contributed by atoms with Crippen LogP contribution in [0.1, 0.15) is 22.8 Å². The standard InChI is InChI=1S/C16H17BrO2/c1-11-5-3-4-6-12(11)9-16(18)14-8-7-13(19-2)10-15(14)17/h3-8,10,16,18H,9H2,1-2H3. The van der Waals surface area contributed by atoms with Gasteiger partial charge < -0.3 is 9.84 Å². The molecule has 0 bridgehead atoms. The topological polar surface area (TPSA) is 29.5 Å². The van der Waals surface area contributed by atoms with Crippen molar-refractivity contribution in [3.8, 4) is 5.75 Å². The Balaban J connectivity index is 2.21. The van der Waals surface area contributed by atoms with Crippen LogP contribution in [0.5, 0.6) is 5.75 Å². The van der Waals surface area contributed by atoms with Gasteiger partial charge in [-0.15, -0.1) is 0 Å². The van der Waals surface area contributed by atoms with Crippen molar-refractivity contribution >= 4 is 15.9 Å². The normalized spacial score (nSPS) is 12.2. The minimum Gasteiger partial charge on any atom is -0.497 e. The second-order valence-corrected chi connectivity index (χ2v) is 5.39. The summed E-state index contributed by atoms with van der Waals surface area (Å²) in [7, 11) is 1.63. The number of rotatable bonds is 4. The molecule has 1 N–H and O–H groups in total. The van der Waals surface area contributed by atoms with Crippen molar-refractivity contribution in [2.24, 2.45) is 0 Å². The Morgan fingerprint density at radius 2 is 1.95 bits per heavy atom. The molecule has 0 saturated heterocycles. The van der Waals surface area contributed by atoms with Crippen LogP contribution >= 0.6 is 15.9 Å². The van der Waals surface area contributed by atoms with Crippen LogP contribution in [-0.4, -0.2) is 12.2 Å². The highest BCUT2D eigenvalue weighted by Crippen LogP contribution is 2.30. The summed E-state index contributed by atoms with van der Waals surface area (Å²) in [5.41, 5.74) is 3.24. The number of halogens is 1. The van der Waals surface area contributed by atoms with Crippen molar-refractivity contribution in [3.05, 3.63) is 63.6 Å². The quantitative estimate of drug-likeness (QED) is 0.921. The van der Waals surface area contributed by atoms with Crippen LogP contribution in [0.25, 0.3) is 0 Å². The first-order valence-electron chi connectivity index (χ1n) is 6.18. The van der Waals surface area contributed by atoms with Gasteiger partial charge in [-0.1, -0.05) is 46.3 Å². The summed E-state index contributed by atoms with van der Waals surface area (Å²) in [5.74, 6) is 0.777. The van der Waals surface area contributed by atoms with E-state index in [2.05, 4.69) is 35.0 Å². The number of hydrogen-bond acceptors (Lipinski definition) is 2. The summed E-state index contributed by atoms with van der Waals surface area (Å²) in [6.45, 7) is 2.06. The first kappa shape index (κ1) is 14.1. The van der Waals surface area contributed by atoms with Gasteiger partial charge in [0.15, 0.2) is 0 Å². The molecule has 2 aromatic rings. The second-order valence-electron chi connectivity index (χ2n) is 4.53. The molecule has 0 aliphatic rings. The largest absolute Gasteiger partial charge is 0.497 e. The Morgan fingerprint density at radius 3 is 2.58 bits per heavy atom. The SMILES string of the molecule is COc1ccc(C(O)Cc2ccccc2C)c(Br)c1. The van der Waals surface area contributed by atoms with Crippen LogP contribution in [0.3, 0.4) is 0 Å². The molecule has 0 spiro atoms. The molecule has 2 aromatic carbocycles. The average Bonchev–Trinajstić information content (AvgIpc) is 2.41. The molecule has 2 rings (SSSR count). The Bertz CT molecular complexity index is 566. The van der Waals surface area contributed by atoms with Gasteiger partial charge in [0, 0.05) is 10.9 Å². The van der Waals surface area contributed by atoms with E-state index in [1.54, 1.807) is 7.11 Å².